The number of nitrogens with zero attached hydrogens (tertiary/aromatic N) is 3. The number of nitrogens with one attached hydrogen (secondary N) is 1. The van der Waals surface area contributed by atoms with Gasteiger partial charge in [-0.1, -0.05) is 0 Å². The molecule has 1 rings (SSSR count). The van der Waals surface area contributed by atoms with Crippen LogP contribution in [0.3, 0.4) is 0 Å². The van der Waals surface area contributed by atoms with Crippen LogP contribution in [0.4, 0.5) is 18.9 Å². The van der Waals surface area contributed by atoms with Gasteiger partial charge in [0, 0.05) is 19.3 Å². The summed E-state index contributed by atoms with van der Waals surface area (Å²) >= 11 is 0. The van der Waals surface area contributed by atoms with E-state index in [1.165, 1.54) is 0 Å². The van der Waals surface area contributed by atoms with Crippen molar-refractivity contribution in [3.05, 3.63) is 11.9 Å². The monoisotopic (exact) mass is 279 g/mol. The normalized spacial score (nSPS) is 11.9. The molecule has 0 bridgehead atoms. The van der Waals surface area contributed by atoms with Gasteiger partial charge in [-0.3, -0.25) is 9.48 Å². The Bertz CT molecular complexity index is 441. The Morgan fingerprint density at radius 1 is 1.53 bits per heavy atom. The maximum absolute atomic E-state index is 12.2. The minimum atomic E-state index is -4.41. The second-order valence-corrected chi connectivity index (χ2v) is 4.30. The fourth-order valence-corrected chi connectivity index (χ4v) is 1.35. The third-order valence-electron chi connectivity index (χ3n) is 2.19. The Kier molecular flexibility index (Phi) is 4.76. The minimum Gasteiger partial charge on any atom is -0.396 e. The molecule has 0 aliphatic carbocycles. The average Bonchev–Trinajstić information content (AvgIpc) is 2.55. The van der Waals surface area contributed by atoms with Gasteiger partial charge in [-0.15, -0.1) is 0 Å². The topological polar surface area (TPSA) is 76.2 Å². The molecule has 0 aliphatic heterocycles. The predicted octanol–water partition coefficient (Wildman–Crippen LogP) is 0.319. The molecule has 0 spiro atoms. The summed E-state index contributed by atoms with van der Waals surface area (Å²) in [6.07, 6.45) is -3.41. The maximum Gasteiger partial charge on any atom is 0.408 e. The highest BCUT2D eigenvalue weighted by molar-refractivity contribution is 5.96. The first-order chi connectivity index (χ1) is 8.69. The largest absolute Gasteiger partial charge is 0.408 e. The van der Waals surface area contributed by atoms with Crippen molar-refractivity contribution in [2.75, 3.05) is 32.9 Å². The number of nitrogen functional groups attached to an aromatic ring is 1. The van der Waals surface area contributed by atoms with Gasteiger partial charge in [-0.05, 0) is 14.1 Å². The molecular formula is C10H16F3N5O. The molecule has 0 atom stereocenters. The lowest BCUT2D eigenvalue weighted by Crippen LogP contribution is -2.32. The number of rotatable bonds is 5. The van der Waals surface area contributed by atoms with Crippen molar-refractivity contribution in [1.82, 2.24) is 20.0 Å². The number of aromatic nitrogens is 2. The molecule has 9 heteroatoms. The summed E-state index contributed by atoms with van der Waals surface area (Å²) in [6.45, 7) is -0.311. The number of hydrogen-bond donors (Lipinski definition) is 2. The van der Waals surface area contributed by atoms with Crippen LogP contribution < -0.4 is 11.1 Å². The summed E-state index contributed by atoms with van der Waals surface area (Å²) in [5.41, 5.74) is 5.20. The van der Waals surface area contributed by atoms with Crippen LogP contribution in [0.1, 0.15) is 10.5 Å². The third-order valence-corrected chi connectivity index (χ3v) is 2.19. The highest BCUT2D eigenvalue weighted by Crippen LogP contribution is 2.18. The molecule has 0 aromatic carbocycles. The van der Waals surface area contributed by atoms with E-state index in [1.807, 2.05) is 19.0 Å². The van der Waals surface area contributed by atoms with E-state index >= 15 is 0 Å². The molecular weight excluding hydrogens is 263 g/mol. The van der Waals surface area contributed by atoms with E-state index in [1.54, 1.807) is 0 Å². The third kappa shape index (κ3) is 5.16. The van der Waals surface area contributed by atoms with Crippen LogP contribution in [0.5, 0.6) is 0 Å². The highest BCUT2D eigenvalue weighted by atomic mass is 19.4. The Labute approximate surface area is 108 Å². The molecule has 0 aliphatic rings. The zero-order valence-corrected chi connectivity index (χ0v) is 10.7. The van der Waals surface area contributed by atoms with Crippen molar-refractivity contribution in [3.63, 3.8) is 0 Å². The molecule has 0 fully saturated rings. The zero-order valence-electron chi connectivity index (χ0n) is 10.7. The zero-order chi connectivity index (χ0) is 14.6. The van der Waals surface area contributed by atoms with Gasteiger partial charge in [-0.25, -0.2) is 0 Å². The van der Waals surface area contributed by atoms with Crippen molar-refractivity contribution >= 4 is 11.6 Å². The first-order valence-corrected chi connectivity index (χ1v) is 5.51. The number of likely N-dealkylation sites (N-methyl/N-ethyl adjacent to an activating group) is 1. The number of carbonyl (C=O) groups is 1. The number of alkyl halides is 3. The fraction of sp³-hybridized carbons (Fsp3) is 0.600. The Morgan fingerprint density at radius 3 is 2.68 bits per heavy atom. The number of halogens is 3. The second-order valence-electron chi connectivity index (χ2n) is 4.30. The summed E-state index contributed by atoms with van der Waals surface area (Å²) in [4.78, 5) is 13.5. The SMILES string of the molecule is CN(C)CCNC(=O)c1nn(CC(F)(F)F)cc1N. The van der Waals surface area contributed by atoms with Crippen molar-refractivity contribution in [2.24, 2.45) is 0 Å². The summed E-state index contributed by atoms with van der Waals surface area (Å²) in [5, 5.41) is 6.07. The van der Waals surface area contributed by atoms with Crippen LogP contribution in [-0.4, -0.2) is 53.9 Å². The van der Waals surface area contributed by atoms with E-state index in [4.69, 9.17) is 5.73 Å². The predicted molar refractivity (Wildman–Crippen MR) is 63.6 cm³/mol. The molecule has 0 radical (unpaired) electrons. The summed E-state index contributed by atoms with van der Waals surface area (Å²) in [7, 11) is 3.66. The first-order valence-electron chi connectivity index (χ1n) is 5.51. The Balaban J connectivity index is 2.65. The van der Waals surface area contributed by atoms with Crippen LogP contribution in [0, 0.1) is 0 Å². The number of amides is 1. The number of anilines is 1. The van der Waals surface area contributed by atoms with Gasteiger partial charge in [0.1, 0.15) is 6.54 Å². The maximum atomic E-state index is 12.2. The van der Waals surface area contributed by atoms with Gasteiger partial charge < -0.3 is 16.0 Å². The van der Waals surface area contributed by atoms with Crippen molar-refractivity contribution in [3.8, 4) is 0 Å². The highest BCUT2D eigenvalue weighted by Gasteiger charge is 2.29. The molecule has 1 aromatic heterocycles. The molecule has 1 amide bonds. The van der Waals surface area contributed by atoms with Gasteiger partial charge in [-0.2, -0.15) is 18.3 Å². The minimum absolute atomic E-state index is 0.0772. The van der Waals surface area contributed by atoms with Crippen LogP contribution >= 0.6 is 0 Å². The molecule has 1 aromatic rings. The summed E-state index contributed by atoms with van der Waals surface area (Å²) in [5.74, 6) is -0.583. The van der Waals surface area contributed by atoms with Crippen molar-refractivity contribution < 1.29 is 18.0 Å². The molecule has 1 heterocycles. The van der Waals surface area contributed by atoms with Crippen LogP contribution in [0.15, 0.2) is 6.20 Å². The number of nitrogens with two attached hydrogens (primary N) is 1. The van der Waals surface area contributed by atoms with E-state index in [2.05, 4.69) is 10.4 Å². The van der Waals surface area contributed by atoms with E-state index in [0.717, 1.165) is 6.20 Å². The smallest absolute Gasteiger partial charge is 0.396 e. The fourth-order valence-electron chi connectivity index (χ4n) is 1.35. The number of hydrogen-bond acceptors (Lipinski definition) is 4. The quantitative estimate of drug-likeness (QED) is 0.814. The molecule has 3 N–H and O–H groups in total. The molecule has 0 unspecified atom stereocenters. The lowest BCUT2D eigenvalue weighted by atomic mass is 10.3. The molecule has 0 saturated carbocycles. The molecule has 0 saturated heterocycles. The van der Waals surface area contributed by atoms with Gasteiger partial charge in [0.15, 0.2) is 5.69 Å². The van der Waals surface area contributed by atoms with Crippen molar-refractivity contribution in [1.29, 1.82) is 0 Å². The van der Waals surface area contributed by atoms with Gasteiger partial charge >= 0.3 is 6.18 Å². The lowest BCUT2D eigenvalue weighted by molar-refractivity contribution is -0.142. The lowest BCUT2D eigenvalue weighted by Gasteiger charge is -2.09. The summed E-state index contributed by atoms with van der Waals surface area (Å²) < 4.78 is 37.1. The first kappa shape index (κ1) is 15.3. The Morgan fingerprint density at radius 2 is 2.16 bits per heavy atom. The van der Waals surface area contributed by atoms with E-state index in [-0.39, 0.29) is 11.4 Å². The molecule has 19 heavy (non-hydrogen) atoms. The van der Waals surface area contributed by atoms with Gasteiger partial charge in [0.25, 0.3) is 5.91 Å². The van der Waals surface area contributed by atoms with E-state index < -0.39 is 18.6 Å². The van der Waals surface area contributed by atoms with E-state index in [9.17, 15) is 18.0 Å². The average molecular weight is 279 g/mol. The molecule has 6 nitrogen and oxygen atoms in total. The van der Waals surface area contributed by atoms with Crippen LogP contribution in [0.2, 0.25) is 0 Å². The number of carbonyl (C=O) groups excluding carboxylic acids is 1. The van der Waals surface area contributed by atoms with Crippen LogP contribution in [-0.2, 0) is 6.54 Å². The van der Waals surface area contributed by atoms with Crippen molar-refractivity contribution in [2.45, 2.75) is 12.7 Å². The van der Waals surface area contributed by atoms with Crippen LogP contribution in [0.25, 0.3) is 0 Å². The van der Waals surface area contributed by atoms with Gasteiger partial charge in [0.05, 0.1) is 5.69 Å². The summed E-state index contributed by atoms with van der Waals surface area (Å²) in [6, 6.07) is 0. The molecule has 108 valence electrons. The van der Waals surface area contributed by atoms with Gasteiger partial charge in [0.2, 0.25) is 0 Å². The Hall–Kier alpha value is -1.77. The second kappa shape index (κ2) is 5.91. The standard InChI is InChI=1S/C10H16F3N5O/c1-17(2)4-3-15-9(19)8-7(14)5-18(16-8)6-10(11,12)13/h5H,3-4,6,14H2,1-2H3,(H,15,19). The van der Waals surface area contributed by atoms with E-state index in [0.29, 0.717) is 17.8 Å².